The number of methoxy groups -OCH3 is 1. The minimum atomic E-state index is -9.60. The SMILES string of the molecule is COc1cc2ncnc(Cl)c2cc1OC/C=C/S(F)(F)(F)(F)F. The monoisotopic (exact) mass is 376 g/mol. The molecule has 2 rings (SSSR count). The maximum absolute atomic E-state index is 12.1. The Hall–Kier alpha value is -1.81. The predicted molar refractivity (Wildman–Crippen MR) is 78.9 cm³/mol. The maximum atomic E-state index is 12.1. The molecule has 0 atom stereocenters. The lowest BCUT2D eigenvalue weighted by atomic mass is 10.2. The molecule has 0 aliphatic carbocycles. The van der Waals surface area contributed by atoms with Crippen molar-refractivity contribution in [3.05, 3.63) is 35.1 Å². The number of nitrogens with zero attached hydrogens (tertiary/aromatic N) is 2. The molecule has 2 aromatic rings. The smallest absolute Gasteiger partial charge is 0.304 e. The fourth-order valence-corrected chi connectivity index (χ4v) is 2.30. The Morgan fingerprint density at radius 2 is 1.83 bits per heavy atom. The van der Waals surface area contributed by atoms with Crippen molar-refractivity contribution in [3.8, 4) is 11.5 Å². The van der Waals surface area contributed by atoms with Gasteiger partial charge in [-0.05, 0) is 12.1 Å². The molecule has 0 unspecified atom stereocenters. The van der Waals surface area contributed by atoms with Crippen molar-refractivity contribution in [1.82, 2.24) is 9.97 Å². The fourth-order valence-electron chi connectivity index (χ4n) is 1.66. The van der Waals surface area contributed by atoms with Gasteiger partial charge in [-0.3, -0.25) is 0 Å². The molecule has 1 aromatic carbocycles. The second kappa shape index (κ2) is 5.10. The first kappa shape index (κ1) is 17.5. The summed E-state index contributed by atoms with van der Waals surface area (Å²) in [6.45, 7) is -0.737. The zero-order chi connectivity index (χ0) is 17.4. The molecule has 128 valence electrons. The van der Waals surface area contributed by atoms with Crippen molar-refractivity contribution in [3.63, 3.8) is 0 Å². The van der Waals surface area contributed by atoms with Crippen LogP contribution in [0.25, 0.3) is 10.9 Å². The summed E-state index contributed by atoms with van der Waals surface area (Å²) in [5, 5.41) is -0.587. The summed E-state index contributed by atoms with van der Waals surface area (Å²) in [6, 6.07) is 2.79. The van der Waals surface area contributed by atoms with Crippen LogP contribution in [0.1, 0.15) is 0 Å². The molecule has 0 aliphatic heterocycles. The van der Waals surface area contributed by atoms with Gasteiger partial charge in [0.05, 0.1) is 18.0 Å². The largest absolute Gasteiger partial charge is 0.493 e. The van der Waals surface area contributed by atoms with Gasteiger partial charge in [0.2, 0.25) is 0 Å². The number of fused-ring (bicyclic) bond motifs is 1. The lowest BCUT2D eigenvalue weighted by Crippen LogP contribution is -2.02. The van der Waals surface area contributed by atoms with E-state index in [9.17, 15) is 19.4 Å². The molecule has 0 bridgehead atoms. The van der Waals surface area contributed by atoms with Crippen LogP contribution in [-0.4, -0.2) is 23.7 Å². The molecule has 0 saturated heterocycles. The highest BCUT2D eigenvalue weighted by atomic mass is 35.5. The van der Waals surface area contributed by atoms with E-state index in [2.05, 4.69) is 9.97 Å². The molecule has 0 saturated carbocycles. The van der Waals surface area contributed by atoms with Crippen LogP contribution in [0.15, 0.2) is 29.9 Å². The van der Waals surface area contributed by atoms with Crippen molar-refractivity contribution >= 4 is 32.7 Å². The summed E-state index contributed by atoms with van der Waals surface area (Å²) >= 11 is 5.88. The third kappa shape index (κ3) is 5.10. The summed E-state index contributed by atoms with van der Waals surface area (Å²) in [4.78, 5) is 7.70. The first-order valence-electron chi connectivity index (χ1n) is 5.91. The van der Waals surface area contributed by atoms with E-state index in [0.717, 1.165) is 0 Å². The van der Waals surface area contributed by atoms with Crippen LogP contribution in [-0.2, 0) is 0 Å². The quantitative estimate of drug-likeness (QED) is 0.512. The van der Waals surface area contributed by atoms with Crippen LogP contribution in [0.5, 0.6) is 11.5 Å². The molecule has 4 nitrogen and oxygen atoms in total. The van der Waals surface area contributed by atoms with Gasteiger partial charge in [0.15, 0.2) is 11.5 Å². The van der Waals surface area contributed by atoms with Gasteiger partial charge in [-0.2, -0.15) is 0 Å². The molecule has 0 radical (unpaired) electrons. The third-order valence-corrected chi connectivity index (χ3v) is 3.57. The van der Waals surface area contributed by atoms with Crippen molar-refractivity contribution in [2.24, 2.45) is 0 Å². The van der Waals surface area contributed by atoms with Gasteiger partial charge in [0, 0.05) is 11.5 Å². The van der Waals surface area contributed by atoms with E-state index in [0.29, 0.717) is 10.9 Å². The Morgan fingerprint density at radius 3 is 2.43 bits per heavy atom. The molecule has 0 aliphatic rings. The van der Waals surface area contributed by atoms with Crippen LogP contribution < -0.4 is 9.47 Å². The van der Waals surface area contributed by atoms with Gasteiger partial charge in [-0.15, -0.1) is 0 Å². The van der Waals surface area contributed by atoms with E-state index in [1.807, 2.05) is 0 Å². The number of rotatable bonds is 5. The summed E-state index contributed by atoms with van der Waals surface area (Å²) in [7, 11) is -8.29. The highest BCUT2D eigenvalue weighted by Crippen LogP contribution is 2.98. The first-order chi connectivity index (χ1) is 10.4. The molecule has 0 spiro atoms. The number of hydrogen-bond donors (Lipinski definition) is 0. The molecule has 0 amide bonds. The molecule has 1 heterocycles. The van der Waals surface area contributed by atoms with Crippen molar-refractivity contribution in [1.29, 1.82) is 0 Å². The molecule has 1 aromatic heterocycles. The van der Waals surface area contributed by atoms with E-state index in [1.54, 1.807) is 0 Å². The van der Waals surface area contributed by atoms with Gasteiger partial charge in [-0.1, -0.05) is 31.0 Å². The third-order valence-electron chi connectivity index (χ3n) is 2.56. The topological polar surface area (TPSA) is 44.2 Å². The Kier molecular flexibility index (Phi) is 3.89. The normalized spacial score (nSPS) is 15.4. The van der Waals surface area contributed by atoms with Gasteiger partial charge in [0.1, 0.15) is 18.1 Å². The van der Waals surface area contributed by atoms with Crippen molar-refractivity contribution in [2.75, 3.05) is 13.7 Å². The lowest BCUT2D eigenvalue weighted by molar-refractivity contribution is 0.326. The van der Waals surface area contributed by atoms with E-state index >= 15 is 0 Å². The Balaban J connectivity index is 2.27. The average molecular weight is 377 g/mol. The second-order valence-electron chi connectivity index (χ2n) is 4.40. The first-order valence-corrected chi connectivity index (χ1v) is 8.30. The number of ether oxygens (including phenoxy) is 2. The zero-order valence-corrected chi connectivity index (χ0v) is 13.1. The Labute approximate surface area is 132 Å². The van der Waals surface area contributed by atoms with Crippen molar-refractivity contribution in [2.45, 2.75) is 0 Å². The van der Waals surface area contributed by atoms with E-state index in [4.69, 9.17) is 21.1 Å². The highest BCUT2D eigenvalue weighted by molar-refractivity contribution is 8.48. The number of benzene rings is 1. The van der Waals surface area contributed by atoms with Crippen LogP contribution in [0.4, 0.5) is 19.4 Å². The maximum Gasteiger partial charge on any atom is 0.304 e. The number of hydrogen-bond acceptors (Lipinski definition) is 4. The van der Waals surface area contributed by atoms with E-state index in [1.165, 1.54) is 25.6 Å². The van der Waals surface area contributed by atoms with Crippen LogP contribution in [0, 0.1) is 0 Å². The Bertz CT molecular complexity index is 783. The minimum absolute atomic E-state index is 0.0171. The Morgan fingerprint density at radius 1 is 1.13 bits per heavy atom. The van der Waals surface area contributed by atoms with Gasteiger partial charge >= 0.3 is 10.2 Å². The van der Waals surface area contributed by atoms with E-state index < -0.39 is 22.2 Å². The molecular weight excluding hydrogens is 367 g/mol. The van der Waals surface area contributed by atoms with Gasteiger partial charge in [-0.25, -0.2) is 9.97 Å². The minimum Gasteiger partial charge on any atom is -0.493 e. The summed E-state index contributed by atoms with van der Waals surface area (Å²) in [5.74, 6) is 0.177. The van der Waals surface area contributed by atoms with Crippen LogP contribution >= 0.6 is 21.8 Å². The van der Waals surface area contributed by atoms with Crippen molar-refractivity contribution < 1.29 is 28.9 Å². The molecule has 23 heavy (non-hydrogen) atoms. The predicted octanol–water partition coefficient (Wildman–Crippen LogP) is 5.48. The van der Waals surface area contributed by atoms with Gasteiger partial charge in [0.25, 0.3) is 0 Å². The standard InChI is InChI=1S/C12H10ClF5N2O2S/c1-21-10-6-9-8(12(13)20-7-19-9)5-11(10)22-3-2-4-23(14,15,16,17)18/h2,4-7H,3H2,1H3/b4-2+. The highest BCUT2D eigenvalue weighted by Gasteiger charge is 2.60. The zero-order valence-electron chi connectivity index (χ0n) is 11.5. The molecule has 11 heteroatoms. The molecule has 0 fully saturated rings. The molecular formula is C12H10ClF5N2O2S. The summed E-state index contributed by atoms with van der Waals surface area (Å²) in [5.41, 5.74) is 0.428. The fraction of sp³-hybridized carbons (Fsp3) is 0.167. The number of halogens is 6. The summed E-state index contributed by atoms with van der Waals surface area (Å²) < 4.78 is 70.8. The second-order valence-corrected chi connectivity index (χ2v) is 7.08. The van der Waals surface area contributed by atoms with Crippen LogP contribution in [0.2, 0.25) is 5.15 Å². The lowest BCUT2D eigenvalue weighted by Gasteiger charge is -2.36. The molecule has 0 N–H and O–H groups in total. The van der Waals surface area contributed by atoms with E-state index in [-0.39, 0.29) is 22.7 Å². The van der Waals surface area contributed by atoms with Crippen LogP contribution in [0.3, 0.4) is 0 Å². The van der Waals surface area contributed by atoms with Gasteiger partial charge < -0.3 is 9.47 Å². The average Bonchev–Trinajstić information content (AvgIpc) is 2.41. The summed E-state index contributed by atoms with van der Waals surface area (Å²) in [6.07, 6.45) is 1.41. The number of aromatic nitrogens is 2.